The number of ether oxygens (including phenoxy) is 1. The van der Waals surface area contributed by atoms with Crippen molar-refractivity contribution in [3.8, 4) is 5.75 Å². The predicted molar refractivity (Wildman–Crippen MR) is 98.6 cm³/mol. The Morgan fingerprint density at radius 3 is 2.79 bits per heavy atom. The lowest BCUT2D eigenvalue weighted by Crippen LogP contribution is -2.41. The molecule has 2 rings (SSSR count). The van der Waals surface area contributed by atoms with Crippen molar-refractivity contribution in [1.29, 1.82) is 0 Å². The molecule has 1 aromatic rings. The van der Waals surface area contributed by atoms with Gasteiger partial charge in [-0.2, -0.15) is 0 Å². The summed E-state index contributed by atoms with van der Waals surface area (Å²) in [6, 6.07) is 7.40. The van der Waals surface area contributed by atoms with Crippen LogP contribution in [0, 0.1) is 5.41 Å². The average Bonchev–Trinajstić information content (AvgIpc) is 2.53. The minimum atomic E-state index is 0.318. The van der Waals surface area contributed by atoms with Crippen LogP contribution in [0.3, 0.4) is 0 Å². The lowest BCUT2D eigenvalue weighted by molar-refractivity contribution is 0.0778. The van der Waals surface area contributed by atoms with E-state index in [1.54, 1.807) is 19.2 Å². The molecule has 1 saturated carbocycles. The third-order valence-corrected chi connectivity index (χ3v) is 4.78. The Labute approximate surface area is 145 Å². The number of phenols is 1. The first kappa shape index (κ1) is 18.6. The molecule has 1 aromatic carbocycles. The van der Waals surface area contributed by atoms with Gasteiger partial charge in [-0.25, -0.2) is 0 Å². The second kappa shape index (κ2) is 9.52. The second-order valence-electron chi connectivity index (χ2n) is 6.64. The molecular formula is C19H31N3O2. The molecule has 0 radical (unpaired) electrons. The normalized spacial score (nSPS) is 16.5. The predicted octanol–water partition coefficient (Wildman–Crippen LogP) is 2.70. The van der Waals surface area contributed by atoms with E-state index in [1.165, 1.54) is 19.3 Å². The number of hydrogen-bond donors (Lipinski definition) is 3. The Hall–Kier alpha value is -1.75. The number of aliphatic imine (C=N–C) groups is 1. The van der Waals surface area contributed by atoms with E-state index in [2.05, 4.69) is 17.6 Å². The first-order valence-corrected chi connectivity index (χ1v) is 8.96. The van der Waals surface area contributed by atoms with Crippen LogP contribution in [0.15, 0.2) is 29.3 Å². The molecule has 134 valence electrons. The Morgan fingerprint density at radius 1 is 1.33 bits per heavy atom. The summed E-state index contributed by atoms with van der Waals surface area (Å²) in [6.07, 6.45) is 5.76. The Morgan fingerprint density at radius 2 is 2.17 bits per heavy atom. The molecule has 1 aliphatic rings. The Kier molecular flexibility index (Phi) is 7.37. The van der Waals surface area contributed by atoms with Crippen LogP contribution in [-0.4, -0.2) is 44.4 Å². The fraction of sp³-hybridized carbons (Fsp3) is 0.632. The van der Waals surface area contributed by atoms with Gasteiger partial charge in [0.25, 0.3) is 0 Å². The van der Waals surface area contributed by atoms with Crippen LogP contribution >= 0.6 is 0 Å². The molecule has 0 aliphatic heterocycles. The Balaban J connectivity index is 1.83. The van der Waals surface area contributed by atoms with E-state index in [9.17, 15) is 5.11 Å². The van der Waals surface area contributed by atoms with E-state index >= 15 is 0 Å². The molecular weight excluding hydrogens is 302 g/mol. The molecule has 0 aromatic heterocycles. The van der Waals surface area contributed by atoms with Crippen molar-refractivity contribution in [3.05, 3.63) is 29.8 Å². The molecule has 0 heterocycles. The Bertz CT molecular complexity index is 527. The summed E-state index contributed by atoms with van der Waals surface area (Å²) in [5, 5.41) is 16.2. The van der Waals surface area contributed by atoms with Gasteiger partial charge in [0.05, 0.1) is 0 Å². The number of methoxy groups -OCH3 is 1. The lowest BCUT2D eigenvalue weighted by atomic mass is 9.67. The first-order valence-electron chi connectivity index (χ1n) is 8.96. The first-order chi connectivity index (χ1) is 11.7. The lowest BCUT2D eigenvalue weighted by Gasteiger charge is -2.40. The van der Waals surface area contributed by atoms with Gasteiger partial charge in [-0.05, 0) is 55.7 Å². The summed E-state index contributed by atoms with van der Waals surface area (Å²) in [5.74, 6) is 1.19. The van der Waals surface area contributed by atoms with E-state index < -0.39 is 0 Å². The fourth-order valence-corrected chi connectivity index (χ4v) is 3.11. The molecule has 0 spiro atoms. The zero-order valence-corrected chi connectivity index (χ0v) is 15.0. The van der Waals surface area contributed by atoms with E-state index in [4.69, 9.17) is 9.73 Å². The topological polar surface area (TPSA) is 65.9 Å². The highest BCUT2D eigenvalue weighted by Gasteiger charge is 2.36. The third kappa shape index (κ3) is 5.71. The van der Waals surface area contributed by atoms with Crippen LogP contribution < -0.4 is 10.6 Å². The van der Waals surface area contributed by atoms with Crippen LogP contribution in [0.25, 0.3) is 0 Å². The number of nitrogens with one attached hydrogen (secondary N) is 2. The van der Waals surface area contributed by atoms with Gasteiger partial charge < -0.3 is 20.5 Å². The van der Waals surface area contributed by atoms with Crippen LogP contribution in [-0.2, 0) is 11.2 Å². The summed E-state index contributed by atoms with van der Waals surface area (Å²) < 4.78 is 5.25. The second-order valence-corrected chi connectivity index (χ2v) is 6.64. The SMILES string of the molecule is CCNC(=NCC1(CCOC)CCC1)NCCc1cccc(O)c1. The highest BCUT2D eigenvalue weighted by molar-refractivity contribution is 5.79. The van der Waals surface area contributed by atoms with Crippen LogP contribution in [0.4, 0.5) is 0 Å². The summed E-state index contributed by atoms with van der Waals surface area (Å²) in [4.78, 5) is 4.80. The third-order valence-electron chi connectivity index (χ3n) is 4.78. The van der Waals surface area contributed by atoms with Crippen molar-refractivity contribution in [3.63, 3.8) is 0 Å². The molecule has 0 unspecified atom stereocenters. The van der Waals surface area contributed by atoms with E-state index in [0.29, 0.717) is 11.2 Å². The number of nitrogens with zero attached hydrogens (tertiary/aromatic N) is 1. The molecule has 0 saturated heterocycles. The quantitative estimate of drug-likeness (QED) is 0.480. The highest BCUT2D eigenvalue weighted by Crippen LogP contribution is 2.44. The highest BCUT2D eigenvalue weighted by atomic mass is 16.5. The van der Waals surface area contributed by atoms with Gasteiger partial charge in [-0.3, -0.25) is 4.99 Å². The number of guanidine groups is 1. The summed E-state index contributed by atoms with van der Waals surface area (Å²) >= 11 is 0. The maximum Gasteiger partial charge on any atom is 0.191 e. The molecule has 1 fully saturated rings. The van der Waals surface area contributed by atoms with Crippen molar-refractivity contribution in [2.75, 3.05) is 33.4 Å². The molecule has 5 nitrogen and oxygen atoms in total. The number of phenolic OH excluding ortho intramolecular Hbond substituents is 1. The number of hydrogen-bond acceptors (Lipinski definition) is 3. The molecule has 1 aliphatic carbocycles. The molecule has 0 amide bonds. The zero-order valence-electron chi connectivity index (χ0n) is 15.0. The minimum absolute atomic E-state index is 0.318. The summed E-state index contributed by atoms with van der Waals surface area (Å²) in [5.41, 5.74) is 1.46. The average molecular weight is 333 g/mol. The number of benzene rings is 1. The van der Waals surface area contributed by atoms with Crippen LogP contribution in [0.5, 0.6) is 5.75 Å². The molecule has 5 heteroatoms. The van der Waals surface area contributed by atoms with Gasteiger partial charge in [-0.15, -0.1) is 0 Å². The maximum atomic E-state index is 9.52. The van der Waals surface area contributed by atoms with Gasteiger partial charge >= 0.3 is 0 Å². The van der Waals surface area contributed by atoms with Crippen molar-refractivity contribution in [1.82, 2.24) is 10.6 Å². The van der Waals surface area contributed by atoms with E-state index in [0.717, 1.165) is 50.6 Å². The minimum Gasteiger partial charge on any atom is -0.508 e. The number of aromatic hydroxyl groups is 1. The molecule has 0 bridgehead atoms. The van der Waals surface area contributed by atoms with Gasteiger partial charge in [0, 0.05) is 33.4 Å². The zero-order chi connectivity index (χ0) is 17.3. The number of rotatable bonds is 9. The van der Waals surface area contributed by atoms with E-state index in [1.807, 2.05) is 12.1 Å². The summed E-state index contributed by atoms with van der Waals surface area (Å²) in [6.45, 7) is 5.40. The van der Waals surface area contributed by atoms with Crippen molar-refractivity contribution in [2.24, 2.45) is 10.4 Å². The van der Waals surface area contributed by atoms with Crippen molar-refractivity contribution >= 4 is 5.96 Å². The molecule has 0 atom stereocenters. The molecule has 3 N–H and O–H groups in total. The van der Waals surface area contributed by atoms with Crippen molar-refractivity contribution < 1.29 is 9.84 Å². The standard InChI is InChI=1S/C19H31N3O2/c1-3-20-18(21-12-8-16-6-4-7-17(23)14-16)22-15-19(9-5-10-19)11-13-24-2/h4,6-7,14,23H,3,5,8-13,15H2,1-2H3,(H2,20,21,22). The fourth-order valence-electron chi connectivity index (χ4n) is 3.11. The van der Waals surface area contributed by atoms with Gasteiger partial charge in [0.15, 0.2) is 5.96 Å². The van der Waals surface area contributed by atoms with Gasteiger partial charge in [0.2, 0.25) is 0 Å². The van der Waals surface area contributed by atoms with Gasteiger partial charge in [0.1, 0.15) is 5.75 Å². The maximum absolute atomic E-state index is 9.52. The van der Waals surface area contributed by atoms with Crippen molar-refractivity contribution in [2.45, 2.75) is 39.0 Å². The monoisotopic (exact) mass is 333 g/mol. The van der Waals surface area contributed by atoms with Crippen LogP contribution in [0.1, 0.15) is 38.2 Å². The molecule has 24 heavy (non-hydrogen) atoms. The smallest absolute Gasteiger partial charge is 0.191 e. The van der Waals surface area contributed by atoms with E-state index in [-0.39, 0.29) is 0 Å². The van der Waals surface area contributed by atoms with Gasteiger partial charge in [-0.1, -0.05) is 18.6 Å². The van der Waals surface area contributed by atoms with Crippen LogP contribution in [0.2, 0.25) is 0 Å². The summed E-state index contributed by atoms with van der Waals surface area (Å²) in [7, 11) is 1.77. The largest absolute Gasteiger partial charge is 0.508 e.